The van der Waals surface area contributed by atoms with Gasteiger partial charge in [0.25, 0.3) is 0 Å². The Labute approximate surface area is 210 Å². The molecule has 1 amide bonds. The van der Waals surface area contributed by atoms with E-state index in [0.717, 1.165) is 30.5 Å². The van der Waals surface area contributed by atoms with Gasteiger partial charge in [-0.05, 0) is 48.1 Å². The number of amides is 1. The highest BCUT2D eigenvalue weighted by molar-refractivity contribution is 7.89. The molecule has 3 aromatic rings. The second-order valence-corrected chi connectivity index (χ2v) is 12.1. The van der Waals surface area contributed by atoms with Gasteiger partial charge in [-0.15, -0.1) is 11.3 Å². The van der Waals surface area contributed by atoms with Crippen LogP contribution in [0, 0.1) is 11.8 Å². The first kappa shape index (κ1) is 24.1. The van der Waals surface area contributed by atoms with Gasteiger partial charge in [0.2, 0.25) is 15.9 Å². The van der Waals surface area contributed by atoms with Crippen LogP contribution in [0.2, 0.25) is 0 Å². The predicted octanol–water partition coefficient (Wildman–Crippen LogP) is 4.54. The number of carbonyl (C=O) groups is 1. The standard InChI is InChI=1S/C26H30N4O3S2/c31-24(30-25-28-15-16-34-25)26(18-23(26)19-7-2-1-3-8-19)20-9-6-11-22(17-20)35(32,33)29-14-12-21-10-4-5-13-27-21/h4-6,9-11,13,15-17,19,23,29H,1-3,7-8,12,14,18H2,(H,28,30,31). The van der Waals surface area contributed by atoms with Gasteiger partial charge in [-0.25, -0.2) is 18.1 Å². The molecule has 7 nitrogen and oxygen atoms in total. The molecule has 1 aromatic carbocycles. The van der Waals surface area contributed by atoms with E-state index in [-0.39, 0.29) is 23.3 Å². The lowest BCUT2D eigenvalue weighted by molar-refractivity contribution is -0.119. The molecule has 2 saturated carbocycles. The van der Waals surface area contributed by atoms with Crippen molar-refractivity contribution in [3.05, 3.63) is 71.5 Å². The largest absolute Gasteiger partial charge is 0.301 e. The van der Waals surface area contributed by atoms with Crippen LogP contribution >= 0.6 is 11.3 Å². The van der Waals surface area contributed by atoms with Crippen molar-refractivity contribution >= 4 is 32.4 Å². The van der Waals surface area contributed by atoms with E-state index in [1.807, 2.05) is 29.6 Å². The highest BCUT2D eigenvalue weighted by Crippen LogP contribution is 2.61. The van der Waals surface area contributed by atoms with Crippen LogP contribution in [0.15, 0.2) is 65.1 Å². The smallest absolute Gasteiger partial charge is 0.240 e. The van der Waals surface area contributed by atoms with Gasteiger partial charge in [-0.3, -0.25) is 9.78 Å². The third-order valence-electron chi connectivity index (χ3n) is 7.35. The summed E-state index contributed by atoms with van der Waals surface area (Å²) in [6, 6.07) is 12.5. The number of thiazole rings is 1. The fourth-order valence-electron chi connectivity index (χ4n) is 5.50. The Balaban J connectivity index is 1.38. The molecule has 9 heteroatoms. The van der Waals surface area contributed by atoms with Gasteiger partial charge in [0.15, 0.2) is 5.13 Å². The van der Waals surface area contributed by atoms with E-state index in [9.17, 15) is 13.2 Å². The van der Waals surface area contributed by atoms with E-state index in [0.29, 0.717) is 17.5 Å². The first-order chi connectivity index (χ1) is 17.0. The van der Waals surface area contributed by atoms with Crippen LogP contribution in [0.1, 0.15) is 49.8 Å². The Kier molecular flexibility index (Phi) is 7.00. The van der Waals surface area contributed by atoms with Crippen LogP contribution in [0.25, 0.3) is 0 Å². The van der Waals surface area contributed by atoms with Gasteiger partial charge < -0.3 is 5.32 Å². The fourth-order valence-corrected chi connectivity index (χ4v) is 7.10. The minimum absolute atomic E-state index is 0.0827. The maximum Gasteiger partial charge on any atom is 0.240 e. The third kappa shape index (κ3) is 5.17. The monoisotopic (exact) mass is 510 g/mol. The SMILES string of the molecule is O=C(Nc1nccs1)C1(c2cccc(S(=O)(=O)NCCc3ccccn3)c2)CC1C1CCCCC1. The summed E-state index contributed by atoms with van der Waals surface area (Å²) in [5.41, 5.74) is 0.887. The van der Waals surface area contributed by atoms with Crippen LogP contribution in [-0.4, -0.2) is 30.8 Å². The van der Waals surface area contributed by atoms with E-state index >= 15 is 0 Å². The molecular formula is C26H30N4O3S2. The maximum atomic E-state index is 13.6. The Morgan fingerprint density at radius 1 is 1.06 bits per heavy atom. The molecule has 35 heavy (non-hydrogen) atoms. The van der Waals surface area contributed by atoms with Crippen molar-refractivity contribution in [3.8, 4) is 0 Å². The number of pyridine rings is 1. The first-order valence-electron chi connectivity index (χ1n) is 12.2. The number of hydrogen-bond acceptors (Lipinski definition) is 6. The molecule has 5 rings (SSSR count). The Hall–Kier alpha value is -2.62. The Bertz CT molecular complexity index is 1260. The summed E-state index contributed by atoms with van der Waals surface area (Å²) in [6.45, 7) is 0.254. The topological polar surface area (TPSA) is 101 Å². The van der Waals surface area contributed by atoms with Crippen LogP contribution in [0.5, 0.6) is 0 Å². The summed E-state index contributed by atoms with van der Waals surface area (Å²) < 4.78 is 28.9. The predicted molar refractivity (Wildman–Crippen MR) is 137 cm³/mol. The van der Waals surface area contributed by atoms with E-state index in [4.69, 9.17) is 0 Å². The molecule has 184 valence electrons. The van der Waals surface area contributed by atoms with Crippen LogP contribution in [0.4, 0.5) is 5.13 Å². The second kappa shape index (κ2) is 10.2. The van der Waals surface area contributed by atoms with Crippen molar-refractivity contribution < 1.29 is 13.2 Å². The summed E-state index contributed by atoms with van der Waals surface area (Å²) in [5, 5.41) is 5.40. The first-order valence-corrected chi connectivity index (χ1v) is 14.6. The maximum absolute atomic E-state index is 13.6. The van der Waals surface area contributed by atoms with E-state index in [1.54, 1.807) is 30.6 Å². The lowest BCUT2D eigenvalue weighted by Crippen LogP contribution is -2.32. The molecule has 2 fully saturated rings. The van der Waals surface area contributed by atoms with Gasteiger partial charge in [-0.2, -0.15) is 0 Å². The highest BCUT2D eigenvalue weighted by Gasteiger charge is 2.63. The molecule has 2 aromatic heterocycles. The lowest BCUT2D eigenvalue weighted by Gasteiger charge is -2.26. The number of sulfonamides is 1. The fraction of sp³-hybridized carbons (Fsp3) is 0.423. The Morgan fingerprint density at radius 3 is 2.66 bits per heavy atom. The van der Waals surface area contributed by atoms with E-state index in [1.165, 1.54) is 30.6 Å². The number of carbonyl (C=O) groups excluding carboxylic acids is 1. The number of nitrogens with one attached hydrogen (secondary N) is 2. The zero-order chi connectivity index (χ0) is 24.3. The number of hydrogen-bond donors (Lipinski definition) is 2. The molecule has 0 radical (unpaired) electrons. The third-order valence-corrected chi connectivity index (χ3v) is 9.50. The summed E-state index contributed by atoms with van der Waals surface area (Å²) in [7, 11) is -3.72. The van der Waals surface area contributed by atoms with Crippen molar-refractivity contribution in [1.82, 2.24) is 14.7 Å². The minimum Gasteiger partial charge on any atom is -0.301 e. The summed E-state index contributed by atoms with van der Waals surface area (Å²) >= 11 is 1.39. The summed E-state index contributed by atoms with van der Waals surface area (Å²) in [5.74, 6) is 0.626. The lowest BCUT2D eigenvalue weighted by atomic mass is 9.80. The summed E-state index contributed by atoms with van der Waals surface area (Å²) in [6.07, 6.45) is 10.5. The van der Waals surface area contributed by atoms with Crippen molar-refractivity contribution in [2.24, 2.45) is 11.8 Å². The van der Waals surface area contributed by atoms with Gasteiger partial charge in [0.1, 0.15) is 0 Å². The molecule has 0 aliphatic heterocycles. The second-order valence-electron chi connectivity index (χ2n) is 9.47. The molecule has 2 heterocycles. The molecule has 2 unspecified atom stereocenters. The molecule has 0 saturated heterocycles. The quantitative estimate of drug-likeness (QED) is 0.440. The molecule has 0 bridgehead atoms. The van der Waals surface area contributed by atoms with Crippen molar-refractivity contribution in [2.45, 2.75) is 55.3 Å². The number of benzene rings is 1. The number of nitrogens with zero attached hydrogens (tertiary/aromatic N) is 2. The van der Waals surface area contributed by atoms with Crippen LogP contribution in [0.3, 0.4) is 0 Å². The van der Waals surface area contributed by atoms with Crippen molar-refractivity contribution in [2.75, 3.05) is 11.9 Å². The number of anilines is 1. The average molecular weight is 511 g/mol. The molecule has 2 atom stereocenters. The van der Waals surface area contributed by atoms with Crippen LogP contribution < -0.4 is 10.0 Å². The normalized spacial score (nSPS) is 22.6. The van der Waals surface area contributed by atoms with Gasteiger partial charge >= 0.3 is 0 Å². The van der Waals surface area contributed by atoms with Gasteiger partial charge in [0.05, 0.1) is 10.3 Å². The number of aromatic nitrogens is 2. The highest BCUT2D eigenvalue weighted by atomic mass is 32.2. The van der Waals surface area contributed by atoms with E-state index < -0.39 is 15.4 Å². The average Bonchev–Trinajstić information content (AvgIpc) is 3.46. The minimum atomic E-state index is -3.72. The zero-order valence-corrected chi connectivity index (χ0v) is 21.2. The van der Waals surface area contributed by atoms with Crippen molar-refractivity contribution in [1.29, 1.82) is 0 Å². The van der Waals surface area contributed by atoms with Gasteiger partial charge in [0, 0.05) is 36.4 Å². The number of rotatable bonds is 9. The van der Waals surface area contributed by atoms with E-state index in [2.05, 4.69) is 20.0 Å². The van der Waals surface area contributed by atoms with Gasteiger partial charge in [-0.1, -0.05) is 50.3 Å². The molecule has 2 aliphatic rings. The zero-order valence-electron chi connectivity index (χ0n) is 19.5. The Morgan fingerprint density at radius 2 is 1.91 bits per heavy atom. The molecule has 2 aliphatic carbocycles. The summed E-state index contributed by atoms with van der Waals surface area (Å²) in [4.78, 5) is 22.3. The van der Waals surface area contributed by atoms with Crippen LogP contribution in [-0.2, 0) is 26.7 Å². The molecular weight excluding hydrogens is 480 g/mol. The van der Waals surface area contributed by atoms with Crippen molar-refractivity contribution in [3.63, 3.8) is 0 Å². The molecule has 2 N–H and O–H groups in total. The molecule has 0 spiro atoms.